The maximum Gasteiger partial charge on any atom is 0.229 e. The lowest BCUT2D eigenvalue weighted by atomic mass is 10.1. The predicted molar refractivity (Wildman–Crippen MR) is 106 cm³/mol. The van der Waals surface area contributed by atoms with Crippen LogP contribution in [0.3, 0.4) is 0 Å². The first kappa shape index (κ1) is 18.7. The van der Waals surface area contributed by atoms with Crippen LogP contribution in [0, 0.1) is 12.8 Å². The summed E-state index contributed by atoms with van der Waals surface area (Å²) < 4.78 is 6.10. The quantitative estimate of drug-likeness (QED) is 0.771. The molecule has 0 bridgehead atoms. The summed E-state index contributed by atoms with van der Waals surface area (Å²) in [7, 11) is 1.56. The molecule has 0 radical (unpaired) electrons. The molecule has 26 heavy (non-hydrogen) atoms. The highest BCUT2D eigenvalue weighted by molar-refractivity contribution is 9.10. The highest BCUT2D eigenvalue weighted by atomic mass is 79.9. The van der Waals surface area contributed by atoms with Gasteiger partial charge < -0.3 is 15.0 Å². The molecule has 0 spiro atoms. The summed E-state index contributed by atoms with van der Waals surface area (Å²) in [5.41, 5.74) is 2.10. The van der Waals surface area contributed by atoms with Crippen molar-refractivity contribution in [1.29, 1.82) is 0 Å². The second-order valence-electron chi connectivity index (χ2n) is 6.10. The third-order valence-corrected chi connectivity index (χ3v) is 5.85. The van der Waals surface area contributed by atoms with Crippen molar-refractivity contribution in [2.24, 2.45) is 5.92 Å². The molecule has 1 heterocycles. The predicted octanol–water partition coefficient (Wildman–Crippen LogP) is 4.41. The van der Waals surface area contributed by atoms with Crippen molar-refractivity contribution in [2.75, 3.05) is 23.9 Å². The summed E-state index contributed by atoms with van der Waals surface area (Å²) >= 11 is 9.57. The molecule has 3 rings (SSSR count). The number of nitrogens with zero attached hydrogens (tertiary/aromatic N) is 1. The normalized spacial score (nSPS) is 16.7. The minimum absolute atomic E-state index is 0.0970. The molecule has 0 aromatic heterocycles. The van der Waals surface area contributed by atoms with Crippen LogP contribution in [0.15, 0.2) is 40.9 Å². The van der Waals surface area contributed by atoms with Gasteiger partial charge in [0.25, 0.3) is 0 Å². The molecule has 1 aliphatic rings. The van der Waals surface area contributed by atoms with Crippen LogP contribution in [0.2, 0.25) is 5.02 Å². The second kappa shape index (κ2) is 7.68. The van der Waals surface area contributed by atoms with Crippen LogP contribution in [-0.4, -0.2) is 25.5 Å². The van der Waals surface area contributed by atoms with Gasteiger partial charge in [-0.1, -0.05) is 23.7 Å². The molecule has 0 saturated carbocycles. The van der Waals surface area contributed by atoms with Crippen LogP contribution >= 0.6 is 27.5 Å². The molecule has 7 heteroatoms. The van der Waals surface area contributed by atoms with Crippen molar-refractivity contribution in [3.8, 4) is 5.75 Å². The largest absolute Gasteiger partial charge is 0.495 e. The van der Waals surface area contributed by atoms with E-state index in [0.717, 1.165) is 10.0 Å². The number of halogens is 2. The molecule has 0 unspecified atom stereocenters. The van der Waals surface area contributed by atoms with Crippen molar-refractivity contribution in [1.82, 2.24) is 0 Å². The standard InChI is InChI=1S/C19H18BrClN2O3/c1-11-14(8-7-13(20)18(11)21)22-19(25)12-9-17(24)23(10-12)15-5-3-4-6-16(15)26-2/h3-8,12H,9-10H2,1-2H3,(H,22,25)/t12-/m1/s1. The SMILES string of the molecule is COc1ccccc1N1C[C@H](C(=O)Nc2ccc(Br)c(Cl)c2C)CC1=O. The molecule has 1 aliphatic heterocycles. The van der Waals surface area contributed by atoms with Gasteiger partial charge in [0.05, 0.1) is 23.7 Å². The van der Waals surface area contributed by atoms with Crippen LogP contribution in [-0.2, 0) is 9.59 Å². The summed E-state index contributed by atoms with van der Waals surface area (Å²) in [5.74, 6) is -0.121. The van der Waals surface area contributed by atoms with Crippen LogP contribution < -0.4 is 15.0 Å². The van der Waals surface area contributed by atoms with Crippen molar-refractivity contribution < 1.29 is 14.3 Å². The summed E-state index contributed by atoms with van der Waals surface area (Å²) in [6.45, 7) is 2.15. The van der Waals surface area contributed by atoms with E-state index in [4.69, 9.17) is 16.3 Å². The first-order valence-corrected chi connectivity index (χ1v) is 9.28. The summed E-state index contributed by atoms with van der Waals surface area (Å²) in [6, 6.07) is 10.9. The number of anilines is 2. The van der Waals surface area contributed by atoms with Gasteiger partial charge in [0.15, 0.2) is 0 Å². The van der Waals surface area contributed by atoms with Gasteiger partial charge in [-0.25, -0.2) is 0 Å². The number of hydrogen-bond donors (Lipinski definition) is 1. The first-order chi connectivity index (χ1) is 12.4. The lowest BCUT2D eigenvalue weighted by Gasteiger charge is -2.19. The fraction of sp³-hybridized carbons (Fsp3) is 0.263. The van der Waals surface area contributed by atoms with Gasteiger partial charge in [0, 0.05) is 23.1 Å². The zero-order chi connectivity index (χ0) is 18.8. The van der Waals surface area contributed by atoms with Crippen LogP contribution in [0.5, 0.6) is 5.75 Å². The van der Waals surface area contributed by atoms with E-state index < -0.39 is 5.92 Å². The highest BCUT2D eigenvalue weighted by Crippen LogP contribution is 2.34. The molecule has 2 aromatic rings. The van der Waals surface area contributed by atoms with E-state index in [9.17, 15) is 9.59 Å². The minimum atomic E-state index is -0.436. The summed E-state index contributed by atoms with van der Waals surface area (Å²) in [5, 5.41) is 3.44. The average molecular weight is 438 g/mol. The van der Waals surface area contributed by atoms with Crippen molar-refractivity contribution >= 4 is 50.7 Å². The van der Waals surface area contributed by atoms with Crippen LogP contribution in [0.4, 0.5) is 11.4 Å². The smallest absolute Gasteiger partial charge is 0.229 e. The fourth-order valence-electron chi connectivity index (χ4n) is 2.99. The van der Waals surface area contributed by atoms with E-state index in [2.05, 4.69) is 21.2 Å². The summed E-state index contributed by atoms with van der Waals surface area (Å²) in [4.78, 5) is 26.7. The van der Waals surface area contributed by atoms with Crippen LogP contribution in [0.1, 0.15) is 12.0 Å². The maximum atomic E-state index is 12.7. The monoisotopic (exact) mass is 436 g/mol. The molecular weight excluding hydrogens is 420 g/mol. The number of nitrogens with one attached hydrogen (secondary N) is 1. The van der Waals surface area contributed by atoms with E-state index >= 15 is 0 Å². The second-order valence-corrected chi connectivity index (χ2v) is 7.33. The zero-order valence-corrected chi connectivity index (χ0v) is 16.7. The van der Waals surface area contributed by atoms with Gasteiger partial charge in [-0.3, -0.25) is 9.59 Å². The number of benzene rings is 2. The molecule has 0 aliphatic carbocycles. The number of rotatable bonds is 4. The molecule has 1 atom stereocenters. The maximum absolute atomic E-state index is 12.7. The number of carbonyl (C=O) groups excluding carboxylic acids is 2. The lowest BCUT2D eigenvalue weighted by Crippen LogP contribution is -2.28. The molecule has 5 nitrogen and oxygen atoms in total. The molecule has 1 fully saturated rings. The number of carbonyl (C=O) groups is 2. The zero-order valence-electron chi connectivity index (χ0n) is 14.4. The molecule has 1 N–H and O–H groups in total. The van der Waals surface area contributed by atoms with Crippen molar-refractivity contribution in [3.05, 3.63) is 51.5 Å². The van der Waals surface area contributed by atoms with E-state index in [1.54, 1.807) is 30.2 Å². The Bertz CT molecular complexity index is 872. The van der Waals surface area contributed by atoms with Gasteiger partial charge in [0.1, 0.15) is 5.75 Å². The third kappa shape index (κ3) is 3.57. The molecule has 2 amide bonds. The minimum Gasteiger partial charge on any atom is -0.495 e. The fourth-order valence-corrected chi connectivity index (χ4v) is 3.59. The Morgan fingerprint density at radius 3 is 2.77 bits per heavy atom. The van der Waals surface area contributed by atoms with Crippen LogP contribution in [0.25, 0.3) is 0 Å². The van der Waals surface area contributed by atoms with E-state index in [1.165, 1.54) is 0 Å². The van der Waals surface area contributed by atoms with Gasteiger partial charge in [-0.2, -0.15) is 0 Å². The summed E-state index contributed by atoms with van der Waals surface area (Å²) in [6.07, 6.45) is 0.160. The number of ether oxygens (including phenoxy) is 1. The molecule has 136 valence electrons. The molecule has 1 saturated heterocycles. The Morgan fingerprint density at radius 2 is 2.04 bits per heavy atom. The lowest BCUT2D eigenvalue weighted by molar-refractivity contribution is -0.122. The Hall–Kier alpha value is -2.05. The number of hydrogen-bond acceptors (Lipinski definition) is 3. The van der Waals surface area contributed by atoms with Gasteiger partial charge >= 0.3 is 0 Å². The van der Waals surface area contributed by atoms with E-state index in [0.29, 0.717) is 28.7 Å². The number of methoxy groups -OCH3 is 1. The number of para-hydroxylation sites is 2. The highest BCUT2D eigenvalue weighted by Gasteiger charge is 2.36. The molecular formula is C19H18BrClN2O3. The first-order valence-electron chi connectivity index (χ1n) is 8.11. The van der Waals surface area contributed by atoms with Gasteiger partial charge in [-0.15, -0.1) is 0 Å². The Kier molecular flexibility index (Phi) is 5.53. The Morgan fingerprint density at radius 1 is 1.31 bits per heavy atom. The Balaban J connectivity index is 1.76. The van der Waals surface area contributed by atoms with E-state index in [1.807, 2.05) is 25.1 Å². The number of amides is 2. The van der Waals surface area contributed by atoms with Gasteiger partial charge in [-0.05, 0) is 52.7 Å². The van der Waals surface area contributed by atoms with E-state index in [-0.39, 0.29) is 18.2 Å². The molecule has 2 aromatic carbocycles. The van der Waals surface area contributed by atoms with Crippen molar-refractivity contribution in [2.45, 2.75) is 13.3 Å². The Labute approximate surface area is 165 Å². The van der Waals surface area contributed by atoms with Gasteiger partial charge in [0.2, 0.25) is 11.8 Å². The third-order valence-electron chi connectivity index (χ3n) is 4.47. The average Bonchev–Trinajstić information content (AvgIpc) is 3.03. The van der Waals surface area contributed by atoms with Crippen molar-refractivity contribution in [3.63, 3.8) is 0 Å². The topological polar surface area (TPSA) is 58.6 Å².